The first-order valence-corrected chi connectivity index (χ1v) is 15.3. The number of aryl methyl sites for hydroxylation is 1. The third-order valence-corrected chi connectivity index (χ3v) is 10.1. The monoisotopic (exact) mass is 589 g/mol. The number of carbonyl (C=O) groups is 3. The average Bonchev–Trinajstić information content (AvgIpc) is 3.57. The zero-order valence-corrected chi connectivity index (χ0v) is 25.2. The van der Waals surface area contributed by atoms with Crippen LogP contribution < -0.4 is 21.5 Å². The molecule has 5 aliphatic rings. The van der Waals surface area contributed by atoms with Gasteiger partial charge in [0.2, 0.25) is 5.91 Å². The van der Waals surface area contributed by atoms with Gasteiger partial charge in [-0.3, -0.25) is 19.0 Å². The van der Waals surface area contributed by atoms with Crippen LogP contribution in [-0.2, 0) is 15.2 Å². The van der Waals surface area contributed by atoms with Crippen LogP contribution in [0.5, 0.6) is 0 Å². The van der Waals surface area contributed by atoms with Gasteiger partial charge in [-0.15, -0.1) is 0 Å². The summed E-state index contributed by atoms with van der Waals surface area (Å²) >= 11 is 0. The molecule has 3 amide bonds. The van der Waals surface area contributed by atoms with E-state index in [4.69, 9.17) is 4.74 Å². The van der Waals surface area contributed by atoms with E-state index in [9.17, 15) is 19.2 Å². The number of anilines is 3. The van der Waals surface area contributed by atoms with Crippen molar-refractivity contribution in [3.8, 4) is 0 Å². The summed E-state index contributed by atoms with van der Waals surface area (Å²) in [7, 11) is 0. The number of amides is 3. The van der Waals surface area contributed by atoms with Gasteiger partial charge in [-0.2, -0.15) is 0 Å². The van der Waals surface area contributed by atoms with Gasteiger partial charge in [0.1, 0.15) is 40.6 Å². The fraction of sp³-hybridized carbons (Fsp3) is 0.613. The van der Waals surface area contributed by atoms with Crippen molar-refractivity contribution in [2.75, 3.05) is 23.7 Å². The van der Waals surface area contributed by atoms with Crippen LogP contribution in [0.25, 0.3) is 0 Å². The van der Waals surface area contributed by atoms with Gasteiger partial charge < -0.3 is 25.6 Å². The van der Waals surface area contributed by atoms with Crippen LogP contribution in [0, 0.1) is 23.7 Å². The van der Waals surface area contributed by atoms with Gasteiger partial charge in [0.15, 0.2) is 0 Å². The fourth-order valence-corrected chi connectivity index (χ4v) is 7.58. The third kappa shape index (κ3) is 4.84. The van der Waals surface area contributed by atoms with Crippen molar-refractivity contribution in [2.24, 2.45) is 16.7 Å². The molecule has 43 heavy (non-hydrogen) atoms. The van der Waals surface area contributed by atoms with Crippen molar-refractivity contribution < 1.29 is 19.1 Å². The summed E-state index contributed by atoms with van der Waals surface area (Å²) in [5.74, 6) is 0.212. The Labute approximate surface area is 250 Å². The maximum absolute atomic E-state index is 13.8. The first-order valence-electron chi connectivity index (χ1n) is 15.3. The van der Waals surface area contributed by atoms with E-state index in [-0.39, 0.29) is 34.8 Å². The Kier molecular flexibility index (Phi) is 6.00. The fourth-order valence-electron chi connectivity index (χ4n) is 7.58. The highest BCUT2D eigenvalue weighted by molar-refractivity contribution is 5.97. The van der Waals surface area contributed by atoms with E-state index < -0.39 is 11.3 Å². The highest BCUT2D eigenvalue weighted by Gasteiger charge is 2.56. The molecule has 0 aromatic carbocycles. The number of carbonyl (C=O) groups excluding carboxylic acids is 3. The Balaban J connectivity index is 1.00. The molecule has 0 unspecified atom stereocenters. The molecule has 12 nitrogen and oxygen atoms in total. The lowest BCUT2D eigenvalue weighted by Crippen LogP contribution is -2.65. The van der Waals surface area contributed by atoms with E-state index in [0.29, 0.717) is 59.9 Å². The predicted octanol–water partition coefficient (Wildman–Crippen LogP) is 4.03. The maximum Gasteiger partial charge on any atom is 0.410 e. The molecule has 0 radical (unpaired) electrons. The number of likely N-dealkylation sites (tertiary alicyclic amines) is 1. The number of hydrogen-bond donors (Lipinski definition) is 3. The summed E-state index contributed by atoms with van der Waals surface area (Å²) in [6, 6.07) is 3.29. The van der Waals surface area contributed by atoms with Crippen LogP contribution in [0.4, 0.5) is 22.1 Å². The Morgan fingerprint density at radius 2 is 1.63 bits per heavy atom. The van der Waals surface area contributed by atoms with Gasteiger partial charge in [0, 0.05) is 30.5 Å². The van der Waals surface area contributed by atoms with Crippen LogP contribution in [0.15, 0.2) is 23.3 Å². The second-order valence-electron chi connectivity index (χ2n) is 14.6. The topological polar surface area (TPSA) is 148 Å². The lowest BCUT2D eigenvalue weighted by Gasteiger charge is -2.58. The highest BCUT2D eigenvalue weighted by Crippen LogP contribution is 2.59. The normalized spacial score (nSPS) is 22.4. The Hall–Kier alpha value is -3.96. The summed E-state index contributed by atoms with van der Waals surface area (Å²) < 4.78 is 7.11. The predicted molar refractivity (Wildman–Crippen MR) is 158 cm³/mol. The van der Waals surface area contributed by atoms with E-state index in [1.165, 1.54) is 19.2 Å². The second kappa shape index (κ2) is 9.27. The number of hydrogen-bond acceptors (Lipinski definition) is 8. The van der Waals surface area contributed by atoms with E-state index >= 15 is 0 Å². The van der Waals surface area contributed by atoms with Crippen LogP contribution in [-0.4, -0.2) is 56.0 Å². The van der Waals surface area contributed by atoms with Crippen LogP contribution in [0.1, 0.15) is 88.2 Å². The van der Waals surface area contributed by atoms with Gasteiger partial charge in [-0.25, -0.2) is 14.8 Å². The van der Waals surface area contributed by atoms with E-state index in [2.05, 4.69) is 25.9 Å². The number of ether oxygens (including phenoxy) is 1. The Morgan fingerprint density at radius 1 is 0.977 bits per heavy atom. The largest absolute Gasteiger partial charge is 0.444 e. The van der Waals surface area contributed by atoms with Crippen molar-refractivity contribution in [3.05, 3.63) is 40.1 Å². The zero-order chi connectivity index (χ0) is 30.4. The Morgan fingerprint density at radius 3 is 2.28 bits per heavy atom. The summed E-state index contributed by atoms with van der Waals surface area (Å²) in [5.41, 5.74) is 0.366. The van der Waals surface area contributed by atoms with Crippen LogP contribution >= 0.6 is 0 Å². The number of nitrogens with one attached hydrogen (secondary N) is 3. The molecule has 0 bridgehead atoms. The molecule has 3 N–H and O–H groups in total. The molecule has 7 rings (SSSR count). The lowest BCUT2D eigenvalue weighted by atomic mass is 9.57. The standard InChI is InChI=1S/C31H39N7O5/c1-18-11-20(26(41)38-23(18)25(40)36-31(38)9-7-29(5-6-29)8-10-31)34-21-12-22(33-17-32-21)35-24(39)19-13-30(14-19)15-37(16-30)27(42)43-28(2,3)4/h11-12,17,19H,5-10,13-16H2,1-4H3,(H,36,40)(H2,32,33,34,35,39). The molecule has 3 aliphatic carbocycles. The molecule has 0 atom stereocenters. The summed E-state index contributed by atoms with van der Waals surface area (Å²) in [4.78, 5) is 62.2. The molecular formula is C31H39N7O5. The summed E-state index contributed by atoms with van der Waals surface area (Å²) in [6.45, 7) is 8.58. The van der Waals surface area contributed by atoms with E-state index in [1.807, 2.05) is 27.7 Å². The minimum Gasteiger partial charge on any atom is -0.444 e. The van der Waals surface area contributed by atoms with Gasteiger partial charge in [0.25, 0.3) is 11.5 Å². The number of nitrogens with zero attached hydrogens (tertiary/aromatic N) is 4. The van der Waals surface area contributed by atoms with Crippen molar-refractivity contribution >= 4 is 35.2 Å². The molecule has 2 aliphatic heterocycles. The minimum atomic E-state index is -0.685. The average molecular weight is 590 g/mol. The SMILES string of the molecule is Cc1cc(Nc2cc(NC(=O)C3CC4(C3)CN(C(=O)OC(C)(C)C)C4)ncn2)c(=O)n2c1C(=O)NC21CCC2(CC2)CC1. The zero-order valence-electron chi connectivity index (χ0n) is 25.2. The molecule has 4 heterocycles. The number of pyridine rings is 1. The highest BCUT2D eigenvalue weighted by atomic mass is 16.6. The molecular weight excluding hydrogens is 550 g/mol. The Bertz CT molecular complexity index is 1580. The van der Waals surface area contributed by atoms with Gasteiger partial charge >= 0.3 is 6.09 Å². The molecule has 3 saturated carbocycles. The van der Waals surface area contributed by atoms with Crippen molar-refractivity contribution in [3.63, 3.8) is 0 Å². The number of fused-ring (bicyclic) bond motifs is 2. The van der Waals surface area contributed by atoms with Crippen molar-refractivity contribution in [1.82, 2.24) is 24.8 Å². The smallest absolute Gasteiger partial charge is 0.410 e. The van der Waals surface area contributed by atoms with Crippen molar-refractivity contribution in [1.29, 1.82) is 0 Å². The molecule has 12 heteroatoms. The molecule has 2 aromatic rings. The van der Waals surface area contributed by atoms with Crippen molar-refractivity contribution in [2.45, 2.75) is 90.3 Å². The van der Waals surface area contributed by atoms with Gasteiger partial charge in [0.05, 0.1) is 0 Å². The number of rotatable bonds is 4. The molecule has 3 spiro atoms. The minimum absolute atomic E-state index is 0.0178. The van der Waals surface area contributed by atoms with Crippen LogP contribution in [0.2, 0.25) is 0 Å². The van der Waals surface area contributed by atoms with Gasteiger partial charge in [-0.1, -0.05) is 0 Å². The van der Waals surface area contributed by atoms with E-state index in [1.54, 1.807) is 21.6 Å². The molecule has 2 aromatic heterocycles. The second-order valence-corrected chi connectivity index (χ2v) is 14.6. The van der Waals surface area contributed by atoms with Crippen LogP contribution in [0.3, 0.4) is 0 Å². The first kappa shape index (κ1) is 27.8. The quantitative estimate of drug-likeness (QED) is 0.484. The third-order valence-electron chi connectivity index (χ3n) is 10.1. The van der Waals surface area contributed by atoms with E-state index in [0.717, 1.165) is 25.7 Å². The molecule has 228 valence electrons. The summed E-state index contributed by atoms with van der Waals surface area (Å²) in [5, 5.41) is 9.15. The maximum atomic E-state index is 13.8. The molecule has 1 saturated heterocycles. The lowest BCUT2D eigenvalue weighted by molar-refractivity contribution is -0.137. The molecule has 4 fully saturated rings. The first-order chi connectivity index (χ1) is 20.3. The summed E-state index contributed by atoms with van der Waals surface area (Å²) in [6.07, 6.45) is 8.42. The number of aromatic nitrogens is 3. The van der Waals surface area contributed by atoms with Gasteiger partial charge in [-0.05, 0) is 96.1 Å².